The normalized spacial score (nSPS) is 16.1. The molecule has 0 aromatic rings. The van der Waals surface area contributed by atoms with Gasteiger partial charge in [0, 0.05) is 19.4 Å². The molecule has 1 aliphatic heterocycles. The second-order valence-electron chi connectivity index (χ2n) is 15.1. The van der Waals surface area contributed by atoms with Crippen molar-refractivity contribution in [2.24, 2.45) is 29.0 Å². The fourth-order valence-corrected chi connectivity index (χ4v) is 5.97. The molecule has 0 spiro atoms. The van der Waals surface area contributed by atoms with Gasteiger partial charge in [0.2, 0.25) is 59.1 Å². The van der Waals surface area contributed by atoms with E-state index in [4.69, 9.17) is 17.2 Å². The van der Waals surface area contributed by atoms with Gasteiger partial charge in [-0.25, -0.2) is 4.79 Å². The number of rotatable bonds is 26. The maximum Gasteiger partial charge on any atom is 0.326 e. The quantitative estimate of drug-likeness (QED) is 0.0391. The summed E-state index contributed by atoms with van der Waals surface area (Å²) >= 11 is 0. The lowest BCUT2D eigenvalue weighted by molar-refractivity contribution is -0.144. The number of nitrogens with one attached hydrogen (secondary N) is 7. The molecule has 0 saturated carbocycles. The molecule has 1 heterocycles. The van der Waals surface area contributed by atoms with Gasteiger partial charge in [-0.3, -0.25) is 47.9 Å². The fourth-order valence-electron chi connectivity index (χ4n) is 5.97. The molecule has 332 valence electrons. The number of carbonyl (C=O) groups excluding carboxylic acids is 10. The molecular formula is C36H61N11O12. The third kappa shape index (κ3) is 19.4. The van der Waals surface area contributed by atoms with Crippen LogP contribution in [0.4, 0.5) is 0 Å². The first kappa shape index (κ1) is 51.1. The first-order chi connectivity index (χ1) is 27.5. The number of carboxylic acids is 1. The number of hydrogen-bond acceptors (Lipinski definition) is 12. The first-order valence-electron chi connectivity index (χ1n) is 19.4. The Bertz CT molecular complexity index is 1560. The summed E-state index contributed by atoms with van der Waals surface area (Å²) in [6.07, 6.45) is 0.0367. The van der Waals surface area contributed by atoms with E-state index in [9.17, 15) is 57.8 Å². The average molecular weight is 840 g/mol. The number of carboxylic acid groups (broad SMARTS) is 1. The van der Waals surface area contributed by atoms with Crippen LogP contribution in [0.15, 0.2) is 0 Å². The highest BCUT2D eigenvalue weighted by Crippen LogP contribution is 2.18. The number of primary amides is 2. The Morgan fingerprint density at radius 3 is 1.66 bits per heavy atom. The second-order valence-corrected chi connectivity index (χ2v) is 15.1. The minimum Gasteiger partial charge on any atom is -0.480 e. The van der Waals surface area contributed by atoms with Gasteiger partial charge in [0.1, 0.15) is 36.3 Å². The summed E-state index contributed by atoms with van der Waals surface area (Å²) in [5.41, 5.74) is 15.6. The van der Waals surface area contributed by atoms with Crippen LogP contribution in [0, 0.1) is 11.8 Å². The Morgan fingerprint density at radius 2 is 1.14 bits per heavy atom. The van der Waals surface area contributed by atoms with E-state index >= 15 is 0 Å². The highest BCUT2D eigenvalue weighted by Gasteiger charge is 2.36. The molecule has 0 aliphatic carbocycles. The third-order valence-corrected chi connectivity index (χ3v) is 8.97. The molecule has 1 saturated heterocycles. The maximum absolute atomic E-state index is 13.3. The van der Waals surface area contributed by atoms with Gasteiger partial charge in [-0.1, -0.05) is 27.7 Å². The molecule has 59 heavy (non-hydrogen) atoms. The van der Waals surface area contributed by atoms with Gasteiger partial charge >= 0.3 is 5.97 Å². The number of aliphatic carboxylic acids is 1. The number of hydrogen-bond donors (Lipinski definition) is 11. The van der Waals surface area contributed by atoms with E-state index in [-0.39, 0.29) is 63.3 Å². The number of carbonyl (C=O) groups is 11. The van der Waals surface area contributed by atoms with Crippen LogP contribution >= 0.6 is 0 Å². The molecule has 23 nitrogen and oxygen atoms in total. The smallest absolute Gasteiger partial charge is 0.326 e. The molecule has 0 unspecified atom stereocenters. The molecule has 0 aromatic carbocycles. The molecule has 0 aromatic heterocycles. The molecule has 6 atom stereocenters. The van der Waals surface area contributed by atoms with Gasteiger partial charge in [-0.05, 0) is 57.3 Å². The predicted molar refractivity (Wildman–Crippen MR) is 209 cm³/mol. The van der Waals surface area contributed by atoms with E-state index in [0.717, 1.165) is 0 Å². The Hall–Kier alpha value is -5.87. The van der Waals surface area contributed by atoms with Crippen LogP contribution in [0.3, 0.4) is 0 Å². The highest BCUT2D eigenvalue weighted by atomic mass is 16.4. The van der Waals surface area contributed by atoms with E-state index in [1.807, 2.05) is 0 Å². The van der Waals surface area contributed by atoms with Gasteiger partial charge in [0.15, 0.2) is 0 Å². The summed E-state index contributed by atoms with van der Waals surface area (Å²) in [7, 11) is 0. The van der Waals surface area contributed by atoms with Crippen molar-refractivity contribution in [2.45, 2.75) is 122 Å². The lowest BCUT2D eigenvalue weighted by Gasteiger charge is -2.26. The Kier molecular flexibility index (Phi) is 22.1. The zero-order valence-electron chi connectivity index (χ0n) is 34.2. The molecule has 0 bridgehead atoms. The maximum atomic E-state index is 13.3. The monoisotopic (exact) mass is 839 g/mol. The first-order valence-corrected chi connectivity index (χ1v) is 19.4. The number of nitrogens with zero attached hydrogens (tertiary/aromatic N) is 1. The Labute approximate surface area is 342 Å². The highest BCUT2D eigenvalue weighted by molar-refractivity contribution is 5.96. The third-order valence-electron chi connectivity index (χ3n) is 8.97. The van der Waals surface area contributed by atoms with E-state index in [1.165, 1.54) is 11.8 Å². The van der Waals surface area contributed by atoms with Gasteiger partial charge in [0.25, 0.3) is 0 Å². The number of amides is 10. The van der Waals surface area contributed by atoms with E-state index in [1.54, 1.807) is 27.7 Å². The number of likely N-dealkylation sites (tertiary alicyclic amines) is 1. The summed E-state index contributed by atoms with van der Waals surface area (Å²) < 4.78 is 0. The zero-order valence-corrected chi connectivity index (χ0v) is 34.2. The van der Waals surface area contributed by atoms with Crippen LogP contribution < -0.4 is 54.4 Å². The lowest BCUT2D eigenvalue weighted by Crippen LogP contribution is -2.57. The molecule has 23 heteroatoms. The topological polar surface area (TPSA) is 374 Å². The molecular weight excluding hydrogens is 778 g/mol. The van der Waals surface area contributed by atoms with Crippen molar-refractivity contribution < 1.29 is 57.8 Å². The fraction of sp³-hybridized carbons (Fsp3) is 0.694. The zero-order chi connectivity index (χ0) is 45.0. The molecule has 14 N–H and O–H groups in total. The van der Waals surface area contributed by atoms with E-state index < -0.39 is 121 Å². The Balaban J connectivity index is 2.84. The molecule has 10 amide bonds. The largest absolute Gasteiger partial charge is 0.480 e. The van der Waals surface area contributed by atoms with Gasteiger partial charge in [0.05, 0.1) is 19.6 Å². The van der Waals surface area contributed by atoms with Crippen molar-refractivity contribution in [3.8, 4) is 0 Å². The van der Waals surface area contributed by atoms with Crippen molar-refractivity contribution in [1.82, 2.24) is 42.1 Å². The predicted octanol–water partition coefficient (Wildman–Crippen LogP) is -4.68. The van der Waals surface area contributed by atoms with Gasteiger partial charge < -0.3 is 64.4 Å². The van der Waals surface area contributed by atoms with Crippen molar-refractivity contribution in [1.29, 1.82) is 0 Å². The van der Waals surface area contributed by atoms with E-state index in [0.29, 0.717) is 6.42 Å². The molecule has 1 rings (SSSR count). The summed E-state index contributed by atoms with van der Waals surface area (Å²) in [6, 6.07) is -7.13. The summed E-state index contributed by atoms with van der Waals surface area (Å²) in [5, 5.41) is 26.5. The van der Waals surface area contributed by atoms with Crippen LogP contribution in [0.25, 0.3) is 0 Å². The molecule has 0 radical (unpaired) electrons. The lowest BCUT2D eigenvalue weighted by atomic mass is 10.0. The van der Waals surface area contributed by atoms with E-state index in [2.05, 4.69) is 37.2 Å². The second kappa shape index (κ2) is 25.5. The van der Waals surface area contributed by atoms with Crippen LogP contribution in [0.1, 0.15) is 86.0 Å². The van der Waals surface area contributed by atoms with Crippen LogP contribution in [-0.2, 0) is 52.7 Å². The SMILES string of the molecule is CC(C)C[C@H](NC(=O)CNC(=O)[C@H](CC(C)C)NC(=O)[C@H](CCC(N)=O)NC(=O)CN)C(=O)N[C@@H](C)C(=O)NCC(=O)N1CCC[C@H]1C(=O)N[C@@H](CCC(N)=O)C(=O)O. The summed E-state index contributed by atoms with van der Waals surface area (Å²) in [5.74, 6) is -8.89. The van der Waals surface area contributed by atoms with Crippen molar-refractivity contribution in [3.05, 3.63) is 0 Å². The van der Waals surface area contributed by atoms with Gasteiger partial charge in [-0.2, -0.15) is 0 Å². The van der Waals surface area contributed by atoms with Crippen LogP contribution in [-0.4, -0.2) is 137 Å². The molecule has 1 fully saturated rings. The van der Waals surface area contributed by atoms with Crippen molar-refractivity contribution in [2.75, 3.05) is 26.2 Å². The van der Waals surface area contributed by atoms with Crippen molar-refractivity contribution in [3.63, 3.8) is 0 Å². The molecule has 1 aliphatic rings. The average Bonchev–Trinajstić information content (AvgIpc) is 3.65. The summed E-state index contributed by atoms with van der Waals surface area (Å²) in [6.45, 7) is 7.09. The van der Waals surface area contributed by atoms with Gasteiger partial charge in [-0.15, -0.1) is 0 Å². The summed E-state index contributed by atoms with van der Waals surface area (Å²) in [4.78, 5) is 138. The minimum absolute atomic E-state index is 0.109. The Morgan fingerprint density at radius 1 is 0.627 bits per heavy atom. The van der Waals surface area contributed by atoms with Crippen LogP contribution in [0.2, 0.25) is 0 Å². The number of nitrogens with two attached hydrogens (primary N) is 3. The standard InChI is InChI=1S/C36H61N11O12/c1-18(2)13-23(46-33(55)21(8-10-26(38)48)43-28(50)15-37)32(54)40-16-29(51)44-24(14-19(3)4)34(56)42-20(5)31(53)41-17-30(52)47-12-6-7-25(47)35(57)45-22(36(58)59)9-11-27(39)49/h18-25H,6-17,37H2,1-5H3,(H2,38,48)(H2,39,49)(H,40,54)(H,41,53)(H,42,56)(H,43,50)(H,44,51)(H,45,57)(H,46,55)(H,58,59)/t20-,21-,22-,23-,24-,25-/m0/s1. The minimum atomic E-state index is -1.40. The van der Waals surface area contributed by atoms with Crippen molar-refractivity contribution >= 4 is 65.0 Å². The van der Waals surface area contributed by atoms with Crippen LogP contribution in [0.5, 0.6) is 0 Å².